The van der Waals surface area contributed by atoms with Gasteiger partial charge in [-0.3, -0.25) is 0 Å². The van der Waals surface area contributed by atoms with Crippen LogP contribution in [0.4, 0.5) is 11.5 Å². The first-order valence-corrected chi connectivity index (χ1v) is 6.86. The van der Waals surface area contributed by atoms with Crippen LogP contribution in [0.3, 0.4) is 0 Å². The minimum Gasteiger partial charge on any atom is -0.496 e. The number of nitrogen functional groups attached to an aromatic ring is 1. The van der Waals surface area contributed by atoms with E-state index in [-0.39, 0.29) is 6.10 Å². The Hall–Kier alpha value is -2.01. The van der Waals surface area contributed by atoms with Gasteiger partial charge in [0.05, 0.1) is 18.6 Å². The Balaban J connectivity index is 1.93. The predicted molar refractivity (Wildman–Crippen MR) is 80.2 cm³/mol. The van der Waals surface area contributed by atoms with E-state index >= 15 is 0 Å². The summed E-state index contributed by atoms with van der Waals surface area (Å²) in [5, 5.41) is 5.23. The summed E-state index contributed by atoms with van der Waals surface area (Å²) in [5.41, 5.74) is 6.80. The molecular formula is C15H19N3O2. The fourth-order valence-electron chi connectivity index (χ4n) is 2.63. The van der Waals surface area contributed by atoms with Crippen LogP contribution in [0.15, 0.2) is 24.4 Å². The van der Waals surface area contributed by atoms with Crippen LogP contribution in [0.1, 0.15) is 12.8 Å². The highest BCUT2D eigenvalue weighted by Crippen LogP contribution is 2.33. The molecule has 1 aromatic carbocycles. The number of nitrogens with one attached hydrogen (secondary N) is 1. The van der Waals surface area contributed by atoms with Gasteiger partial charge in [-0.15, -0.1) is 0 Å². The number of fused-ring (bicyclic) bond motifs is 1. The van der Waals surface area contributed by atoms with Gasteiger partial charge in [0, 0.05) is 30.4 Å². The van der Waals surface area contributed by atoms with Gasteiger partial charge in [0.15, 0.2) is 0 Å². The van der Waals surface area contributed by atoms with Crippen LogP contribution >= 0.6 is 0 Å². The Morgan fingerprint density at radius 2 is 2.35 bits per heavy atom. The van der Waals surface area contributed by atoms with E-state index < -0.39 is 0 Å². The Labute approximate surface area is 118 Å². The van der Waals surface area contributed by atoms with E-state index in [9.17, 15) is 0 Å². The maximum atomic E-state index is 6.10. The molecule has 1 unspecified atom stereocenters. The van der Waals surface area contributed by atoms with Crippen molar-refractivity contribution in [1.29, 1.82) is 0 Å². The summed E-state index contributed by atoms with van der Waals surface area (Å²) in [4.78, 5) is 4.40. The normalized spacial score (nSPS) is 18.4. The highest BCUT2D eigenvalue weighted by Gasteiger charge is 2.16. The summed E-state index contributed by atoms with van der Waals surface area (Å²) in [7, 11) is 1.66. The lowest BCUT2D eigenvalue weighted by Gasteiger charge is -2.15. The second-order valence-corrected chi connectivity index (χ2v) is 4.96. The van der Waals surface area contributed by atoms with Gasteiger partial charge in [0.2, 0.25) is 0 Å². The van der Waals surface area contributed by atoms with Crippen molar-refractivity contribution in [3.8, 4) is 5.75 Å². The van der Waals surface area contributed by atoms with Crippen LogP contribution in [-0.2, 0) is 4.74 Å². The number of hydrogen-bond acceptors (Lipinski definition) is 5. The molecule has 2 aromatic rings. The summed E-state index contributed by atoms with van der Waals surface area (Å²) in [6, 6.07) is 5.64. The molecule has 106 valence electrons. The van der Waals surface area contributed by atoms with Gasteiger partial charge in [-0.25, -0.2) is 4.98 Å². The number of methoxy groups -OCH3 is 1. The van der Waals surface area contributed by atoms with E-state index in [2.05, 4.69) is 10.3 Å². The van der Waals surface area contributed by atoms with Crippen molar-refractivity contribution < 1.29 is 9.47 Å². The van der Waals surface area contributed by atoms with Crippen LogP contribution in [-0.4, -0.2) is 31.3 Å². The number of nitrogens with two attached hydrogens (primary N) is 1. The molecule has 0 aliphatic carbocycles. The van der Waals surface area contributed by atoms with Gasteiger partial charge in [-0.1, -0.05) is 0 Å². The summed E-state index contributed by atoms with van der Waals surface area (Å²) in [6.45, 7) is 1.61. The molecule has 0 amide bonds. The third kappa shape index (κ3) is 2.36. The molecule has 0 bridgehead atoms. The molecule has 5 nitrogen and oxygen atoms in total. The number of pyridine rings is 1. The predicted octanol–water partition coefficient (Wildman–Crippen LogP) is 2.42. The summed E-state index contributed by atoms with van der Waals surface area (Å²) in [5.74, 6) is 1.59. The van der Waals surface area contributed by atoms with Gasteiger partial charge in [-0.05, 0) is 31.0 Å². The molecule has 1 aliphatic heterocycles. The molecule has 0 saturated carbocycles. The molecule has 1 fully saturated rings. The number of aromatic nitrogens is 1. The summed E-state index contributed by atoms with van der Waals surface area (Å²) in [6.07, 6.45) is 4.25. The lowest BCUT2D eigenvalue weighted by atomic mass is 10.1. The molecule has 1 aliphatic rings. The first-order chi connectivity index (χ1) is 9.79. The average molecular weight is 273 g/mol. The van der Waals surface area contributed by atoms with Gasteiger partial charge < -0.3 is 20.5 Å². The number of nitrogens with zero attached hydrogens (tertiary/aromatic N) is 1. The zero-order valence-corrected chi connectivity index (χ0v) is 11.6. The standard InChI is InChI=1S/C15H19N3O2/c1-19-13-5-4-12(16)14-11(13)6-7-17-15(14)18-9-10-3-2-8-20-10/h4-7,10H,2-3,8-9,16H2,1H3,(H,17,18). The zero-order chi connectivity index (χ0) is 13.9. The van der Waals surface area contributed by atoms with Crippen LogP contribution in [0.5, 0.6) is 5.75 Å². The second-order valence-electron chi connectivity index (χ2n) is 4.96. The second kappa shape index (κ2) is 5.54. The number of ether oxygens (including phenoxy) is 2. The zero-order valence-electron chi connectivity index (χ0n) is 11.6. The highest BCUT2D eigenvalue weighted by molar-refractivity contribution is 6.03. The van der Waals surface area contributed by atoms with Crippen molar-refractivity contribution in [3.05, 3.63) is 24.4 Å². The van der Waals surface area contributed by atoms with Gasteiger partial charge >= 0.3 is 0 Å². The Kier molecular flexibility index (Phi) is 3.60. The first-order valence-electron chi connectivity index (χ1n) is 6.86. The fraction of sp³-hybridized carbons (Fsp3) is 0.400. The van der Waals surface area contributed by atoms with Crippen molar-refractivity contribution in [2.24, 2.45) is 0 Å². The molecule has 3 N–H and O–H groups in total. The minimum absolute atomic E-state index is 0.263. The molecular weight excluding hydrogens is 254 g/mol. The van der Waals surface area contributed by atoms with E-state index in [1.807, 2.05) is 18.2 Å². The van der Waals surface area contributed by atoms with Crippen molar-refractivity contribution in [2.45, 2.75) is 18.9 Å². The van der Waals surface area contributed by atoms with E-state index in [1.54, 1.807) is 13.3 Å². The lowest BCUT2D eigenvalue weighted by molar-refractivity contribution is 0.120. The maximum absolute atomic E-state index is 6.10. The third-order valence-electron chi connectivity index (χ3n) is 3.66. The molecule has 3 rings (SSSR count). The van der Waals surface area contributed by atoms with E-state index in [4.69, 9.17) is 15.2 Å². The summed E-state index contributed by atoms with van der Waals surface area (Å²) < 4.78 is 11.0. The van der Waals surface area contributed by atoms with Crippen molar-refractivity contribution in [2.75, 3.05) is 31.3 Å². The Bertz CT molecular complexity index is 609. The van der Waals surface area contributed by atoms with E-state index in [0.29, 0.717) is 5.69 Å². The number of rotatable bonds is 4. The highest BCUT2D eigenvalue weighted by atomic mass is 16.5. The number of hydrogen-bond donors (Lipinski definition) is 2. The van der Waals surface area contributed by atoms with Gasteiger partial charge in [-0.2, -0.15) is 0 Å². The maximum Gasteiger partial charge on any atom is 0.136 e. The Morgan fingerprint density at radius 3 is 3.10 bits per heavy atom. The van der Waals surface area contributed by atoms with E-state index in [1.165, 1.54) is 0 Å². The number of anilines is 2. The average Bonchev–Trinajstić information content (AvgIpc) is 2.99. The van der Waals surface area contributed by atoms with Crippen LogP contribution in [0.25, 0.3) is 10.8 Å². The van der Waals surface area contributed by atoms with Gasteiger partial charge in [0.25, 0.3) is 0 Å². The van der Waals surface area contributed by atoms with E-state index in [0.717, 1.165) is 48.3 Å². The SMILES string of the molecule is COc1ccc(N)c2c(NCC3CCCO3)nccc12. The summed E-state index contributed by atoms with van der Waals surface area (Å²) >= 11 is 0. The molecule has 0 radical (unpaired) electrons. The first kappa shape index (κ1) is 13.0. The van der Waals surface area contributed by atoms with Crippen LogP contribution < -0.4 is 15.8 Å². The molecule has 20 heavy (non-hydrogen) atoms. The molecule has 1 aromatic heterocycles. The van der Waals surface area contributed by atoms with Crippen molar-refractivity contribution >= 4 is 22.3 Å². The smallest absolute Gasteiger partial charge is 0.136 e. The van der Waals surface area contributed by atoms with Gasteiger partial charge in [0.1, 0.15) is 11.6 Å². The molecule has 1 atom stereocenters. The molecule has 2 heterocycles. The molecule has 0 spiro atoms. The number of benzene rings is 1. The van der Waals surface area contributed by atoms with Crippen molar-refractivity contribution in [3.63, 3.8) is 0 Å². The quantitative estimate of drug-likeness (QED) is 0.837. The third-order valence-corrected chi connectivity index (χ3v) is 3.66. The van der Waals surface area contributed by atoms with Crippen LogP contribution in [0, 0.1) is 0 Å². The van der Waals surface area contributed by atoms with Crippen molar-refractivity contribution in [1.82, 2.24) is 4.98 Å². The largest absolute Gasteiger partial charge is 0.496 e. The monoisotopic (exact) mass is 273 g/mol. The molecule has 1 saturated heterocycles. The Morgan fingerprint density at radius 1 is 1.45 bits per heavy atom. The topological polar surface area (TPSA) is 69.4 Å². The van der Waals surface area contributed by atoms with Crippen LogP contribution in [0.2, 0.25) is 0 Å². The molecule has 5 heteroatoms. The fourth-order valence-corrected chi connectivity index (χ4v) is 2.63. The lowest BCUT2D eigenvalue weighted by Crippen LogP contribution is -2.19. The minimum atomic E-state index is 0.263.